The van der Waals surface area contributed by atoms with Crippen LogP contribution in [0, 0.1) is 13.8 Å². The molecule has 0 spiro atoms. The molecule has 1 amide bonds. The van der Waals surface area contributed by atoms with Gasteiger partial charge < -0.3 is 9.73 Å². The zero-order valence-corrected chi connectivity index (χ0v) is 17.8. The lowest BCUT2D eigenvalue weighted by molar-refractivity contribution is 0.0994. The van der Waals surface area contributed by atoms with Gasteiger partial charge in [-0.25, -0.2) is 8.42 Å². The number of nitrogens with zero attached hydrogens (tertiary/aromatic N) is 1. The molecule has 0 aliphatic rings. The Morgan fingerprint density at radius 1 is 1.07 bits per heavy atom. The van der Waals surface area contributed by atoms with Crippen LogP contribution < -0.4 is 5.32 Å². The molecule has 152 valence electrons. The van der Waals surface area contributed by atoms with E-state index in [1.54, 1.807) is 55.5 Å². The van der Waals surface area contributed by atoms with Crippen LogP contribution >= 0.6 is 11.6 Å². The quantitative estimate of drug-likeness (QED) is 0.616. The summed E-state index contributed by atoms with van der Waals surface area (Å²) in [5.41, 5.74) is 2.31. The Morgan fingerprint density at radius 2 is 1.76 bits per heavy atom. The van der Waals surface area contributed by atoms with Crippen LogP contribution in [0.5, 0.6) is 0 Å². The lowest BCUT2D eigenvalue weighted by Crippen LogP contribution is -2.26. The van der Waals surface area contributed by atoms with Gasteiger partial charge in [0, 0.05) is 17.8 Å². The fourth-order valence-corrected chi connectivity index (χ4v) is 4.02. The normalized spacial score (nSPS) is 11.6. The lowest BCUT2D eigenvalue weighted by Gasteiger charge is -2.16. The number of carbonyl (C=O) groups excluding carboxylic acids is 1. The molecular formula is C21H21ClN2O4S. The predicted octanol–water partition coefficient (Wildman–Crippen LogP) is 4.62. The number of rotatable bonds is 6. The van der Waals surface area contributed by atoms with Gasteiger partial charge in [0.1, 0.15) is 5.76 Å². The van der Waals surface area contributed by atoms with Crippen LogP contribution in [-0.4, -0.2) is 25.7 Å². The average Bonchev–Trinajstić information content (AvgIpc) is 3.14. The van der Waals surface area contributed by atoms with E-state index in [-0.39, 0.29) is 17.2 Å². The molecule has 2 aromatic carbocycles. The van der Waals surface area contributed by atoms with Crippen LogP contribution in [0.2, 0.25) is 5.02 Å². The summed E-state index contributed by atoms with van der Waals surface area (Å²) in [5, 5.41) is 3.29. The van der Waals surface area contributed by atoms with Crippen molar-refractivity contribution in [2.45, 2.75) is 25.3 Å². The van der Waals surface area contributed by atoms with Gasteiger partial charge >= 0.3 is 0 Å². The monoisotopic (exact) mass is 432 g/mol. The summed E-state index contributed by atoms with van der Waals surface area (Å²) < 4.78 is 32.1. The van der Waals surface area contributed by atoms with Crippen LogP contribution in [0.25, 0.3) is 0 Å². The fraction of sp³-hybridized carbons (Fsp3) is 0.190. The topological polar surface area (TPSA) is 79.6 Å². The highest BCUT2D eigenvalue weighted by Gasteiger charge is 2.22. The molecule has 0 saturated carbocycles. The van der Waals surface area contributed by atoms with E-state index < -0.39 is 15.9 Å². The minimum Gasteiger partial charge on any atom is -0.455 e. The van der Waals surface area contributed by atoms with Crippen molar-refractivity contribution < 1.29 is 17.6 Å². The van der Waals surface area contributed by atoms with Crippen LogP contribution in [0.1, 0.15) is 27.4 Å². The Hall–Kier alpha value is -2.61. The van der Waals surface area contributed by atoms with Gasteiger partial charge in [0.25, 0.3) is 5.91 Å². The molecule has 0 aliphatic heterocycles. The summed E-state index contributed by atoms with van der Waals surface area (Å²) in [7, 11) is -2.20. The van der Waals surface area contributed by atoms with Crippen molar-refractivity contribution in [1.82, 2.24) is 4.31 Å². The van der Waals surface area contributed by atoms with Crippen LogP contribution in [0.4, 0.5) is 5.69 Å². The number of halogens is 1. The summed E-state index contributed by atoms with van der Waals surface area (Å²) >= 11 is 6.07. The Bertz CT molecular complexity index is 1140. The van der Waals surface area contributed by atoms with Crippen LogP contribution in [0.3, 0.4) is 0 Å². The van der Waals surface area contributed by atoms with E-state index in [0.717, 1.165) is 11.1 Å². The van der Waals surface area contributed by atoms with E-state index in [2.05, 4.69) is 5.32 Å². The summed E-state index contributed by atoms with van der Waals surface area (Å²) in [6, 6.07) is 14.9. The molecule has 0 unspecified atom stereocenters. The van der Waals surface area contributed by atoms with Gasteiger partial charge in [-0.1, -0.05) is 35.4 Å². The maximum absolute atomic E-state index is 12.7. The molecule has 3 rings (SSSR count). The second-order valence-corrected chi connectivity index (χ2v) is 9.16. The molecule has 0 fully saturated rings. The maximum Gasteiger partial charge on any atom is 0.291 e. The molecule has 0 radical (unpaired) electrons. The number of anilines is 1. The minimum absolute atomic E-state index is 0.000315. The Balaban J connectivity index is 1.71. The number of aryl methyl sites for hydroxylation is 1. The van der Waals surface area contributed by atoms with E-state index in [1.165, 1.54) is 17.4 Å². The van der Waals surface area contributed by atoms with Gasteiger partial charge in [-0.15, -0.1) is 0 Å². The predicted molar refractivity (Wildman–Crippen MR) is 113 cm³/mol. The number of amides is 1. The number of benzene rings is 2. The highest BCUT2D eigenvalue weighted by atomic mass is 35.5. The third kappa shape index (κ3) is 4.70. The van der Waals surface area contributed by atoms with Crippen LogP contribution in [0.15, 0.2) is 63.9 Å². The Morgan fingerprint density at radius 3 is 2.45 bits per heavy atom. The van der Waals surface area contributed by atoms with Gasteiger partial charge in [0.05, 0.1) is 11.4 Å². The van der Waals surface area contributed by atoms with Crippen molar-refractivity contribution in [2.24, 2.45) is 0 Å². The first-order chi connectivity index (χ1) is 13.7. The second-order valence-electron chi connectivity index (χ2n) is 6.71. The van der Waals surface area contributed by atoms with Gasteiger partial charge in [-0.3, -0.25) is 4.79 Å². The van der Waals surface area contributed by atoms with Crippen molar-refractivity contribution in [2.75, 3.05) is 12.4 Å². The van der Waals surface area contributed by atoms with Gasteiger partial charge in [-0.2, -0.15) is 4.31 Å². The number of hydrogen-bond donors (Lipinski definition) is 1. The second kappa shape index (κ2) is 8.41. The molecule has 1 heterocycles. The van der Waals surface area contributed by atoms with Crippen LogP contribution in [-0.2, 0) is 16.6 Å². The van der Waals surface area contributed by atoms with Crippen molar-refractivity contribution >= 4 is 33.2 Å². The van der Waals surface area contributed by atoms with E-state index in [4.69, 9.17) is 16.0 Å². The van der Waals surface area contributed by atoms with Crippen molar-refractivity contribution in [3.63, 3.8) is 0 Å². The minimum atomic E-state index is -3.67. The van der Waals surface area contributed by atoms with Gasteiger partial charge in [0.15, 0.2) is 5.76 Å². The number of hydrogen-bond acceptors (Lipinski definition) is 4. The van der Waals surface area contributed by atoms with E-state index in [9.17, 15) is 13.2 Å². The van der Waals surface area contributed by atoms with Gasteiger partial charge in [-0.05, 0) is 55.8 Å². The van der Waals surface area contributed by atoms with E-state index in [1.807, 2.05) is 6.92 Å². The zero-order chi connectivity index (χ0) is 21.2. The third-order valence-corrected chi connectivity index (χ3v) is 6.74. The molecule has 3 aromatic rings. The number of carbonyl (C=O) groups is 1. The SMILES string of the molecule is Cc1ccc(S(=O)(=O)N(C)Cc2ccc(C(=O)Nc3cccc(Cl)c3C)o2)cc1. The van der Waals surface area contributed by atoms with E-state index in [0.29, 0.717) is 16.5 Å². The Kier molecular flexibility index (Phi) is 6.12. The fourth-order valence-electron chi connectivity index (χ4n) is 2.71. The van der Waals surface area contributed by atoms with Crippen molar-refractivity contribution in [3.8, 4) is 0 Å². The average molecular weight is 433 g/mol. The molecular weight excluding hydrogens is 412 g/mol. The third-order valence-electron chi connectivity index (χ3n) is 4.51. The molecule has 29 heavy (non-hydrogen) atoms. The first-order valence-corrected chi connectivity index (χ1v) is 10.7. The molecule has 1 N–H and O–H groups in total. The highest BCUT2D eigenvalue weighted by molar-refractivity contribution is 7.89. The standard InChI is InChI=1S/C21H21ClN2O4S/c1-14-7-10-17(11-8-14)29(26,27)24(3)13-16-9-12-20(28-16)21(25)23-19-6-4-5-18(22)15(19)2/h4-12H,13H2,1-3H3,(H,23,25). The summed E-state index contributed by atoms with van der Waals surface area (Å²) in [6.45, 7) is 3.69. The molecule has 6 nitrogen and oxygen atoms in total. The number of nitrogens with one attached hydrogen (secondary N) is 1. The molecule has 0 saturated heterocycles. The molecule has 8 heteroatoms. The Labute approximate surface area is 175 Å². The summed E-state index contributed by atoms with van der Waals surface area (Å²) in [4.78, 5) is 12.6. The number of sulfonamides is 1. The van der Waals surface area contributed by atoms with Crippen molar-refractivity contribution in [3.05, 3.63) is 82.3 Å². The van der Waals surface area contributed by atoms with Crippen molar-refractivity contribution in [1.29, 1.82) is 0 Å². The molecule has 1 aromatic heterocycles. The largest absolute Gasteiger partial charge is 0.455 e. The first-order valence-electron chi connectivity index (χ1n) is 8.86. The smallest absolute Gasteiger partial charge is 0.291 e. The lowest BCUT2D eigenvalue weighted by atomic mass is 10.2. The molecule has 0 aliphatic carbocycles. The van der Waals surface area contributed by atoms with Gasteiger partial charge in [0.2, 0.25) is 10.0 Å². The first kappa shape index (κ1) is 21.1. The molecule has 0 bridgehead atoms. The highest BCUT2D eigenvalue weighted by Crippen LogP contribution is 2.24. The zero-order valence-electron chi connectivity index (χ0n) is 16.3. The maximum atomic E-state index is 12.7. The summed E-state index contributed by atoms with van der Waals surface area (Å²) in [6.07, 6.45) is 0. The number of furan rings is 1. The van der Waals surface area contributed by atoms with E-state index >= 15 is 0 Å². The molecule has 0 atom stereocenters. The summed E-state index contributed by atoms with van der Waals surface area (Å²) in [5.74, 6) is 0.00215.